The Kier molecular flexibility index (Phi) is 6.61. The molecule has 1 aliphatic rings. The average molecular weight is 446 g/mol. The highest BCUT2D eigenvalue weighted by molar-refractivity contribution is 7.89. The summed E-state index contributed by atoms with van der Waals surface area (Å²) >= 11 is 0. The molecule has 1 N–H and O–H groups in total. The predicted octanol–water partition coefficient (Wildman–Crippen LogP) is 3.04. The molecule has 6 nitrogen and oxygen atoms in total. The maximum Gasteiger partial charge on any atom is 0.387 e. The third kappa shape index (κ3) is 5.08. The van der Waals surface area contributed by atoms with E-state index in [1.807, 2.05) is 0 Å². The Bertz CT molecular complexity index is 1020. The molecule has 2 aromatic carbocycles. The Labute approximate surface area is 170 Å². The number of amides is 1. The van der Waals surface area contributed by atoms with Gasteiger partial charge in [-0.05, 0) is 54.8 Å². The molecular weight excluding hydrogens is 428 g/mol. The van der Waals surface area contributed by atoms with Crippen molar-refractivity contribution >= 4 is 15.9 Å². The summed E-state index contributed by atoms with van der Waals surface area (Å²) in [5.41, 5.74) is 0.171. The van der Waals surface area contributed by atoms with Crippen molar-refractivity contribution in [2.24, 2.45) is 0 Å². The molecule has 0 aromatic heterocycles. The molecule has 1 unspecified atom stereocenters. The number of hydrogen-bond acceptors (Lipinski definition) is 4. The van der Waals surface area contributed by atoms with Crippen molar-refractivity contribution in [3.8, 4) is 5.75 Å². The molecular formula is C19H18F4N2O4S. The second-order valence-electron chi connectivity index (χ2n) is 6.62. The van der Waals surface area contributed by atoms with E-state index in [4.69, 9.17) is 0 Å². The van der Waals surface area contributed by atoms with E-state index in [1.54, 1.807) is 0 Å². The minimum atomic E-state index is -4.02. The van der Waals surface area contributed by atoms with Crippen LogP contribution in [-0.4, -0.2) is 37.8 Å². The van der Waals surface area contributed by atoms with Crippen LogP contribution in [0.3, 0.4) is 0 Å². The standard InChI is InChI=1S/C19H18F4N2O4S/c20-13-3-5-16(6-4-13)30(27,28)25-7-1-2-17(25)18(26)24-11-12-8-14(21)10-15(9-12)29-19(22)23/h3-6,8-10,17,19H,1-2,7,11H2,(H,24,26). The van der Waals surface area contributed by atoms with Crippen LogP contribution in [0.25, 0.3) is 0 Å². The first-order valence-electron chi connectivity index (χ1n) is 8.96. The maximum absolute atomic E-state index is 13.6. The van der Waals surface area contributed by atoms with Crippen molar-refractivity contribution in [1.82, 2.24) is 9.62 Å². The van der Waals surface area contributed by atoms with Crippen molar-refractivity contribution in [2.75, 3.05) is 6.54 Å². The molecule has 1 atom stereocenters. The van der Waals surface area contributed by atoms with Crippen LogP contribution >= 0.6 is 0 Å². The first kappa shape index (κ1) is 22.0. The second kappa shape index (κ2) is 9.00. The smallest absolute Gasteiger partial charge is 0.387 e. The van der Waals surface area contributed by atoms with Crippen LogP contribution in [0.1, 0.15) is 18.4 Å². The van der Waals surface area contributed by atoms with Gasteiger partial charge in [-0.15, -0.1) is 0 Å². The lowest BCUT2D eigenvalue weighted by Crippen LogP contribution is -2.45. The maximum atomic E-state index is 13.6. The molecule has 3 rings (SSSR count). The summed E-state index contributed by atoms with van der Waals surface area (Å²) in [4.78, 5) is 12.5. The van der Waals surface area contributed by atoms with Gasteiger partial charge in [0.2, 0.25) is 15.9 Å². The monoisotopic (exact) mass is 446 g/mol. The zero-order chi connectivity index (χ0) is 21.9. The van der Waals surface area contributed by atoms with E-state index >= 15 is 0 Å². The fourth-order valence-electron chi connectivity index (χ4n) is 3.23. The number of hydrogen-bond donors (Lipinski definition) is 1. The third-order valence-corrected chi connectivity index (χ3v) is 6.47. The molecule has 1 amide bonds. The van der Waals surface area contributed by atoms with E-state index in [2.05, 4.69) is 10.1 Å². The lowest BCUT2D eigenvalue weighted by molar-refractivity contribution is -0.124. The van der Waals surface area contributed by atoms with Crippen molar-refractivity contribution < 1.29 is 35.5 Å². The number of benzene rings is 2. The van der Waals surface area contributed by atoms with Crippen LogP contribution < -0.4 is 10.1 Å². The van der Waals surface area contributed by atoms with E-state index in [-0.39, 0.29) is 30.0 Å². The Morgan fingerprint density at radius 1 is 1.13 bits per heavy atom. The number of ether oxygens (including phenoxy) is 1. The first-order valence-corrected chi connectivity index (χ1v) is 10.4. The molecule has 1 fully saturated rings. The summed E-state index contributed by atoms with van der Waals surface area (Å²) in [6, 6.07) is 6.25. The number of carbonyl (C=O) groups is 1. The number of rotatable bonds is 7. The van der Waals surface area contributed by atoms with Crippen molar-refractivity contribution in [2.45, 2.75) is 36.9 Å². The molecule has 0 spiro atoms. The summed E-state index contributed by atoms with van der Waals surface area (Å²) in [6.07, 6.45) is 0.722. The quantitative estimate of drug-likeness (QED) is 0.664. The predicted molar refractivity (Wildman–Crippen MR) is 98.2 cm³/mol. The Balaban J connectivity index is 1.71. The number of carbonyl (C=O) groups excluding carboxylic acids is 1. The highest BCUT2D eigenvalue weighted by Gasteiger charge is 2.39. The normalized spacial score (nSPS) is 17.3. The van der Waals surface area contributed by atoms with Gasteiger partial charge in [0, 0.05) is 19.2 Å². The van der Waals surface area contributed by atoms with Crippen LogP contribution in [0.2, 0.25) is 0 Å². The van der Waals surface area contributed by atoms with Gasteiger partial charge in [-0.2, -0.15) is 13.1 Å². The minimum absolute atomic E-state index is 0.115. The number of alkyl halides is 2. The molecule has 11 heteroatoms. The molecule has 1 heterocycles. The summed E-state index contributed by atoms with van der Waals surface area (Å²) in [6.45, 7) is -3.22. The topological polar surface area (TPSA) is 75.7 Å². The number of sulfonamides is 1. The van der Waals surface area contributed by atoms with Gasteiger partial charge >= 0.3 is 6.61 Å². The van der Waals surface area contributed by atoms with Crippen LogP contribution in [0.5, 0.6) is 5.75 Å². The molecule has 162 valence electrons. The van der Waals surface area contributed by atoms with Crippen molar-refractivity contribution in [3.63, 3.8) is 0 Å². The zero-order valence-electron chi connectivity index (χ0n) is 15.5. The molecule has 0 bridgehead atoms. The lowest BCUT2D eigenvalue weighted by atomic mass is 10.2. The van der Waals surface area contributed by atoms with Gasteiger partial charge in [0.15, 0.2) is 0 Å². The average Bonchev–Trinajstić information content (AvgIpc) is 3.16. The Morgan fingerprint density at radius 2 is 1.83 bits per heavy atom. The van der Waals surface area contributed by atoms with E-state index < -0.39 is 46.0 Å². The summed E-state index contributed by atoms with van der Waals surface area (Å²) < 4.78 is 82.1. The largest absolute Gasteiger partial charge is 0.435 e. The van der Waals surface area contributed by atoms with E-state index in [0.29, 0.717) is 6.42 Å². The highest BCUT2D eigenvalue weighted by atomic mass is 32.2. The van der Waals surface area contributed by atoms with Crippen molar-refractivity contribution in [1.29, 1.82) is 0 Å². The Hall–Kier alpha value is -2.66. The number of nitrogens with one attached hydrogen (secondary N) is 1. The van der Waals surface area contributed by atoms with Gasteiger partial charge in [-0.3, -0.25) is 4.79 Å². The summed E-state index contributed by atoms with van der Waals surface area (Å²) in [5.74, 6) is -2.41. The fourth-order valence-corrected chi connectivity index (χ4v) is 4.89. The fraction of sp³-hybridized carbons (Fsp3) is 0.316. The molecule has 0 saturated carbocycles. The van der Waals surface area contributed by atoms with E-state index in [1.165, 1.54) is 0 Å². The SMILES string of the molecule is O=C(NCc1cc(F)cc(OC(F)F)c1)C1CCCN1S(=O)(=O)c1ccc(F)cc1. The van der Waals surface area contributed by atoms with E-state index in [0.717, 1.165) is 46.8 Å². The Morgan fingerprint density at radius 3 is 2.50 bits per heavy atom. The lowest BCUT2D eigenvalue weighted by Gasteiger charge is -2.23. The molecule has 0 radical (unpaired) electrons. The van der Waals surface area contributed by atoms with Crippen LogP contribution in [-0.2, 0) is 21.4 Å². The first-order chi connectivity index (χ1) is 14.2. The third-order valence-electron chi connectivity index (χ3n) is 4.55. The number of nitrogens with zero attached hydrogens (tertiary/aromatic N) is 1. The zero-order valence-corrected chi connectivity index (χ0v) is 16.3. The molecule has 1 aliphatic heterocycles. The van der Waals surface area contributed by atoms with Crippen molar-refractivity contribution in [3.05, 3.63) is 59.7 Å². The van der Waals surface area contributed by atoms with Crippen LogP contribution in [0, 0.1) is 11.6 Å². The molecule has 1 saturated heterocycles. The highest BCUT2D eigenvalue weighted by Crippen LogP contribution is 2.26. The number of halogens is 4. The van der Waals surface area contributed by atoms with Crippen LogP contribution in [0.4, 0.5) is 17.6 Å². The van der Waals surface area contributed by atoms with Gasteiger partial charge in [0.1, 0.15) is 23.4 Å². The van der Waals surface area contributed by atoms with Gasteiger partial charge in [-0.1, -0.05) is 0 Å². The summed E-state index contributed by atoms with van der Waals surface area (Å²) in [5, 5.41) is 2.50. The van der Waals surface area contributed by atoms with Gasteiger partial charge in [-0.25, -0.2) is 17.2 Å². The van der Waals surface area contributed by atoms with Crippen LogP contribution in [0.15, 0.2) is 47.4 Å². The minimum Gasteiger partial charge on any atom is -0.435 e. The summed E-state index contributed by atoms with van der Waals surface area (Å²) in [7, 11) is -4.02. The molecule has 0 aliphatic carbocycles. The van der Waals surface area contributed by atoms with Gasteiger partial charge in [0.05, 0.1) is 4.90 Å². The van der Waals surface area contributed by atoms with Gasteiger partial charge < -0.3 is 10.1 Å². The molecule has 30 heavy (non-hydrogen) atoms. The van der Waals surface area contributed by atoms with Gasteiger partial charge in [0.25, 0.3) is 0 Å². The second-order valence-corrected chi connectivity index (χ2v) is 8.51. The molecule has 2 aromatic rings. The van der Waals surface area contributed by atoms with E-state index in [9.17, 15) is 30.8 Å².